The van der Waals surface area contributed by atoms with E-state index in [0.29, 0.717) is 12.3 Å². The van der Waals surface area contributed by atoms with Gasteiger partial charge in [-0.25, -0.2) is 0 Å². The quantitative estimate of drug-likeness (QED) is 0.704. The maximum Gasteiger partial charge on any atom is 0.149 e. The number of hydrogen-bond donors (Lipinski definition) is 1. The Bertz CT molecular complexity index is 170. The Morgan fingerprint density at radius 3 is 2.85 bits per heavy atom. The van der Waals surface area contributed by atoms with Gasteiger partial charge in [-0.1, -0.05) is 13.3 Å². The van der Waals surface area contributed by atoms with Crippen molar-refractivity contribution in [1.29, 1.82) is 0 Å². The van der Waals surface area contributed by atoms with Crippen molar-refractivity contribution in [3.8, 4) is 0 Å². The summed E-state index contributed by atoms with van der Waals surface area (Å²) in [5.41, 5.74) is 0. The number of carbonyl (C=O) groups is 1. The summed E-state index contributed by atoms with van der Waals surface area (Å²) < 4.78 is 0. The van der Waals surface area contributed by atoms with Gasteiger partial charge in [0.1, 0.15) is 5.78 Å². The summed E-state index contributed by atoms with van der Waals surface area (Å²) in [7, 11) is 0. The highest BCUT2D eigenvalue weighted by Crippen LogP contribution is 2.19. The van der Waals surface area contributed by atoms with Gasteiger partial charge >= 0.3 is 0 Å². The fourth-order valence-electron chi connectivity index (χ4n) is 2.01. The molecule has 1 rings (SSSR count). The van der Waals surface area contributed by atoms with Gasteiger partial charge in [-0.2, -0.15) is 0 Å². The molecule has 0 aromatic carbocycles. The van der Waals surface area contributed by atoms with E-state index < -0.39 is 0 Å². The number of carbonyl (C=O) groups excluding carboxylic acids is 1. The van der Waals surface area contributed by atoms with Crippen molar-refractivity contribution >= 4 is 5.78 Å². The highest BCUT2D eigenvalue weighted by molar-refractivity contribution is 5.84. The first-order valence-corrected chi connectivity index (χ1v) is 5.17. The highest BCUT2D eigenvalue weighted by atomic mass is 16.3. The smallest absolute Gasteiger partial charge is 0.149 e. The van der Waals surface area contributed by atoms with Crippen LogP contribution in [-0.4, -0.2) is 41.5 Å². The second kappa shape index (κ2) is 5.35. The van der Waals surface area contributed by atoms with Crippen LogP contribution < -0.4 is 0 Å². The van der Waals surface area contributed by atoms with Crippen LogP contribution in [0.5, 0.6) is 0 Å². The standard InChI is InChI=1S/C10H19NO2/c1-2-11(7-8-12)9-5-3-4-6-10(9)13/h9,12H,2-8H2,1H3. The fourth-order valence-corrected chi connectivity index (χ4v) is 2.01. The van der Waals surface area contributed by atoms with Crippen LogP contribution in [0.3, 0.4) is 0 Å². The third kappa shape index (κ3) is 2.78. The zero-order valence-electron chi connectivity index (χ0n) is 8.33. The van der Waals surface area contributed by atoms with E-state index >= 15 is 0 Å². The van der Waals surface area contributed by atoms with Crippen LogP contribution in [0.1, 0.15) is 32.6 Å². The molecule has 0 bridgehead atoms. The van der Waals surface area contributed by atoms with Gasteiger partial charge < -0.3 is 5.11 Å². The van der Waals surface area contributed by atoms with Crippen LogP contribution in [-0.2, 0) is 4.79 Å². The van der Waals surface area contributed by atoms with E-state index in [-0.39, 0.29) is 12.6 Å². The number of ketones is 1. The molecule has 76 valence electrons. The van der Waals surface area contributed by atoms with Crippen molar-refractivity contribution in [2.45, 2.75) is 38.6 Å². The fraction of sp³-hybridized carbons (Fsp3) is 0.900. The maximum atomic E-state index is 11.5. The molecule has 1 atom stereocenters. The minimum absolute atomic E-state index is 0.0888. The van der Waals surface area contributed by atoms with Crippen LogP contribution in [0, 0.1) is 0 Å². The Kier molecular flexibility index (Phi) is 4.39. The number of rotatable bonds is 4. The molecular weight excluding hydrogens is 166 g/mol. The van der Waals surface area contributed by atoms with Gasteiger partial charge in [-0.3, -0.25) is 9.69 Å². The van der Waals surface area contributed by atoms with E-state index in [1.54, 1.807) is 0 Å². The van der Waals surface area contributed by atoms with Gasteiger partial charge in [0.25, 0.3) is 0 Å². The molecule has 1 N–H and O–H groups in total. The van der Waals surface area contributed by atoms with Crippen molar-refractivity contribution in [2.75, 3.05) is 19.7 Å². The summed E-state index contributed by atoms with van der Waals surface area (Å²) in [6.07, 6.45) is 3.91. The second-order valence-corrected chi connectivity index (χ2v) is 3.58. The van der Waals surface area contributed by atoms with Crippen LogP contribution in [0.2, 0.25) is 0 Å². The van der Waals surface area contributed by atoms with Gasteiger partial charge in [0.15, 0.2) is 0 Å². The maximum absolute atomic E-state index is 11.5. The van der Waals surface area contributed by atoms with E-state index in [1.165, 1.54) is 0 Å². The summed E-state index contributed by atoms with van der Waals surface area (Å²) in [5, 5.41) is 8.83. The number of hydrogen-bond acceptors (Lipinski definition) is 3. The van der Waals surface area contributed by atoms with Crippen LogP contribution in [0.15, 0.2) is 0 Å². The monoisotopic (exact) mass is 185 g/mol. The molecule has 0 saturated heterocycles. The van der Waals surface area contributed by atoms with Crippen LogP contribution in [0.25, 0.3) is 0 Å². The predicted octanol–water partition coefficient (Wildman–Crippen LogP) is 0.812. The van der Waals surface area contributed by atoms with E-state index in [9.17, 15) is 4.79 Å². The lowest BCUT2D eigenvalue weighted by Gasteiger charge is -2.31. The average molecular weight is 185 g/mol. The molecular formula is C10H19NO2. The van der Waals surface area contributed by atoms with Crippen LogP contribution in [0.4, 0.5) is 0 Å². The molecule has 0 heterocycles. The molecule has 3 heteroatoms. The summed E-state index contributed by atoms with van der Waals surface area (Å²) in [6, 6.07) is 0.0888. The summed E-state index contributed by atoms with van der Waals surface area (Å²) >= 11 is 0. The Hall–Kier alpha value is -0.410. The predicted molar refractivity (Wildman–Crippen MR) is 51.6 cm³/mol. The first kappa shape index (κ1) is 10.7. The third-order valence-electron chi connectivity index (χ3n) is 2.76. The van der Waals surface area contributed by atoms with Crippen molar-refractivity contribution in [3.63, 3.8) is 0 Å². The molecule has 0 aromatic rings. The van der Waals surface area contributed by atoms with Crippen molar-refractivity contribution in [3.05, 3.63) is 0 Å². The zero-order chi connectivity index (χ0) is 9.68. The number of nitrogens with zero attached hydrogens (tertiary/aromatic N) is 1. The molecule has 1 saturated carbocycles. The Morgan fingerprint density at radius 2 is 2.31 bits per heavy atom. The lowest BCUT2D eigenvalue weighted by atomic mass is 9.93. The molecule has 0 radical (unpaired) electrons. The molecule has 0 amide bonds. The van der Waals surface area contributed by atoms with Crippen molar-refractivity contribution in [1.82, 2.24) is 4.90 Å². The van der Waals surface area contributed by atoms with Crippen molar-refractivity contribution in [2.24, 2.45) is 0 Å². The second-order valence-electron chi connectivity index (χ2n) is 3.58. The zero-order valence-corrected chi connectivity index (χ0v) is 8.33. The van der Waals surface area contributed by atoms with Gasteiger partial charge in [0, 0.05) is 13.0 Å². The topological polar surface area (TPSA) is 40.5 Å². The third-order valence-corrected chi connectivity index (χ3v) is 2.76. The molecule has 1 fully saturated rings. The van der Waals surface area contributed by atoms with E-state index in [2.05, 4.69) is 4.90 Å². The molecule has 3 nitrogen and oxygen atoms in total. The first-order valence-electron chi connectivity index (χ1n) is 5.17. The van der Waals surface area contributed by atoms with Gasteiger partial charge in [-0.15, -0.1) is 0 Å². The van der Waals surface area contributed by atoms with Crippen molar-refractivity contribution < 1.29 is 9.90 Å². The van der Waals surface area contributed by atoms with E-state index in [0.717, 1.165) is 32.2 Å². The lowest BCUT2D eigenvalue weighted by Crippen LogP contribution is -2.44. The molecule has 13 heavy (non-hydrogen) atoms. The van der Waals surface area contributed by atoms with Gasteiger partial charge in [0.05, 0.1) is 12.6 Å². The number of likely N-dealkylation sites (N-methyl/N-ethyl adjacent to an activating group) is 1. The van der Waals surface area contributed by atoms with E-state index in [4.69, 9.17) is 5.11 Å². The summed E-state index contributed by atoms with van der Waals surface area (Å²) in [5.74, 6) is 0.363. The molecule has 0 aromatic heterocycles. The lowest BCUT2D eigenvalue weighted by molar-refractivity contribution is -0.126. The molecule has 0 aliphatic heterocycles. The number of aliphatic hydroxyl groups is 1. The molecule has 1 unspecified atom stereocenters. The Morgan fingerprint density at radius 1 is 1.54 bits per heavy atom. The molecule has 1 aliphatic rings. The highest BCUT2D eigenvalue weighted by Gasteiger charge is 2.26. The number of aliphatic hydroxyl groups excluding tert-OH is 1. The average Bonchev–Trinajstić information content (AvgIpc) is 2.16. The largest absolute Gasteiger partial charge is 0.395 e. The first-order chi connectivity index (χ1) is 6.29. The van der Waals surface area contributed by atoms with Crippen LogP contribution >= 0.6 is 0 Å². The number of Topliss-reactive ketones (excluding diaryl/α,β-unsaturated/α-hetero) is 1. The van der Waals surface area contributed by atoms with Gasteiger partial charge in [-0.05, 0) is 19.4 Å². The minimum Gasteiger partial charge on any atom is -0.395 e. The molecule has 0 spiro atoms. The summed E-state index contributed by atoms with van der Waals surface area (Å²) in [4.78, 5) is 13.6. The molecule has 1 aliphatic carbocycles. The Balaban J connectivity index is 2.49. The van der Waals surface area contributed by atoms with E-state index in [1.807, 2.05) is 6.92 Å². The summed E-state index contributed by atoms with van der Waals surface area (Å²) in [6.45, 7) is 3.68. The normalized spacial score (nSPS) is 23.9. The Labute approximate surface area is 79.7 Å². The SMILES string of the molecule is CCN(CCO)C1CCCCC1=O. The van der Waals surface area contributed by atoms with Gasteiger partial charge in [0.2, 0.25) is 0 Å². The minimum atomic E-state index is 0.0888.